The molecule has 1 amide bonds. The van der Waals surface area contributed by atoms with Crippen LogP contribution in [0.3, 0.4) is 0 Å². The van der Waals surface area contributed by atoms with Gasteiger partial charge in [0.25, 0.3) is 5.91 Å². The summed E-state index contributed by atoms with van der Waals surface area (Å²) in [5.41, 5.74) is 0.315. The third kappa shape index (κ3) is 2.59. The fourth-order valence-electron chi connectivity index (χ4n) is 2.05. The Labute approximate surface area is 98.5 Å². The minimum absolute atomic E-state index is 0.0995. The first-order valence-electron chi connectivity index (χ1n) is 5.53. The molecule has 2 rings (SSSR count). The summed E-state index contributed by atoms with van der Waals surface area (Å²) in [4.78, 5) is 15.2. The van der Waals surface area contributed by atoms with Crippen LogP contribution in [0.15, 0.2) is 18.3 Å². The van der Waals surface area contributed by atoms with Crippen molar-refractivity contribution in [3.8, 4) is 6.07 Å². The number of hydrogen-bond donors (Lipinski definition) is 1. The molecule has 4 nitrogen and oxygen atoms in total. The Hall–Kier alpha value is -1.96. The highest BCUT2D eigenvalue weighted by Gasteiger charge is 2.28. The van der Waals surface area contributed by atoms with Crippen LogP contribution < -0.4 is 5.32 Å². The molecule has 1 heterocycles. The van der Waals surface area contributed by atoms with E-state index in [1.54, 1.807) is 0 Å². The van der Waals surface area contributed by atoms with Crippen molar-refractivity contribution in [3.63, 3.8) is 0 Å². The van der Waals surface area contributed by atoms with Gasteiger partial charge >= 0.3 is 0 Å². The lowest BCUT2D eigenvalue weighted by Crippen LogP contribution is -2.36. The van der Waals surface area contributed by atoms with Crippen LogP contribution in [0.25, 0.3) is 0 Å². The summed E-state index contributed by atoms with van der Waals surface area (Å²) in [5, 5.41) is 11.7. The molecule has 1 aromatic heterocycles. The van der Waals surface area contributed by atoms with Gasteiger partial charge in [0.2, 0.25) is 5.95 Å². The number of carbonyl (C=O) groups is 1. The lowest BCUT2D eigenvalue weighted by atomic mass is 10.1. The Bertz CT molecular complexity index is 452. The van der Waals surface area contributed by atoms with Crippen LogP contribution in [-0.2, 0) is 0 Å². The summed E-state index contributed by atoms with van der Waals surface area (Å²) < 4.78 is 12.6. The van der Waals surface area contributed by atoms with Gasteiger partial charge in [-0.25, -0.2) is 4.98 Å². The van der Waals surface area contributed by atoms with Crippen molar-refractivity contribution >= 4 is 5.91 Å². The summed E-state index contributed by atoms with van der Waals surface area (Å²) in [6.07, 6.45) is 3.79. The SMILES string of the molecule is N#CC1CCCC1NC(=O)c1ccc(F)nc1. The molecule has 0 saturated heterocycles. The van der Waals surface area contributed by atoms with Gasteiger partial charge in [-0.3, -0.25) is 4.79 Å². The summed E-state index contributed by atoms with van der Waals surface area (Å²) in [6.45, 7) is 0. The van der Waals surface area contributed by atoms with Gasteiger partial charge in [-0.1, -0.05) is 0 Å². The minimum atomic E-state index is -0.614. The molecule has 1 aliphatic carbocycles. The monoisotopic (exact) mass is 233 g/mol. The predicted octanol–water partition coefficient (Wildman–Crippen LogP) is 1.64. The quantitative estimate of drug-likeness (QED) is 0.790. The second-order valence-electron chi connectivity index (χ2n) is 4.12. The highest BCUT2D eigenvalue weighted by Crippen LogP contribution is 2.25. The van der Waals surface area contributed by atoms with E-state index in [0.717, 1.165) is 25.3 Å². The van der Waals surface area contributed by atoms with Gasteiger partial charge in [-0.05, 0) is 31.4 Å². The van der Waals surface area contributed by atoms with Crippen LogP contribution in [-0.4, -0.2) is 16.9 Å². The number of pyridine rings is 1. The van der Waals surface area contributed by atoms with Gasteiger partial charge in [-0.15, -0.1) is 0 Å². The molecule has 0 spiro atoms. The zero-order valence-corrected chi connectivity index (χ0v) is 9.19. The number of nitrogens with one attached hydrogen (secondary N) is 1. The molecular weight excluding hydrogens is 221 g/mol. The standard InChI is InChI=1S/C12H12FN3O/c13-11-5-4-9(7-15-11)12(17)16-10-3-1-2-8(10)6-14/h4-5,7-8,10H,1-3H2,(H,16,17). The molecule has 2 atom stereocenters. The number of nitrogens with zero attached hydrogens (tertiary/aromatic N) is 2. The third-order valence-electron chi connectivity index (χ3n) is 2.99. The number of rotatable bonds is 2. The predicted molar refractivity (Wildman–Crippen MR) is 58.4 cm³/mol. The normalized spacial score (nSPS) is 23.1. The molecule has 2 unspecified atom stereocenters. The third-order valence-corrected chi connectivity index (χ3v) is 2.99. The van der Waals surface area contributed by atoms with Crippen molar-refractivity contribution < 1.29 is 9.18 Å². The van der Waals surface area contributed by atoms with Gasteiger partial charge in [0.05, 0.1) is 17.6 Å². The maximum atomic E-state index is 12.6. The van der Waals surface area contributed by atoms with Crippen LogP contribution >= 0.6 is 0 Å². The molecule has 1 saturated carbocycles. The number of nitriles is 1. The smallest absolute Gasteiger partial charge is 0.253 e. The highest BCUT2D eigenvalue weighted by atomic mass is 19.1. The van der Waals surface area contributed by atoms with Crippen molar-refractivity contribution in [1.29, 1.82) is 5.26 Å². The lowest BCUT2D eigenvalue weighted by molar-refractivity contribution is 0.0932. The number of carbonyl (C=O) groups excluding carboxylic acids is 1. The van der Waals surface area contributed by atoms with Crippen molar-refractivity contribution in [3.05, 3.63) is 29.8 Å². The lowest BCUT2D eigenvalue weighted by Gasteiger charge is -2.15. The Kier molecular flexibility index (Phi) is 3.33. The Morgan fingerprint density at radius 3 is 3.00 bits per heavy atom. The molecule has 1 aromatic rings. The van der Waals surface area contributed by atoms with Crippen LogP contribution in [0.2, 0.25) is 0 Å². The highest BCUT2D eigenvalue weighted by molar-refractivity contribution is 5.94. The zero-order valence-electron chi connectivity index (χ0n) is 9.19. The van der Waals surface area contributed by atoms with E-state index in [1.807, 2.05) is 0 Å². The van der Waals surface area contributed by atoms with Gasteiger partial charge in [0.1, 0.15) is 0 Å². The van der Waals surface area contributed by atoms with E-state index in [4.69, 9.17) is 5.26 Å². The Balaban J connectivity index is 2.02. The van der Waals surface area contributed by atoms with Crippen LogP contribution in [0, 0.1) is 23.2 Å². The maximum Gasteiger partial charge on any atom is 0.253 e. The van der Waals surface area contributed by atoms with Crippen molar-refractivity contribution in [1.82, 2.24) is 10.3 Å². The molecule has 1 fully saturated rings. The van der Waals surface area contributed by atoms with Crippen LogP contribution in [0.4, 0.5) is 4.39 Å². The molecule has 0 aliphatic heterocycles. The fourth-order valence-corrected chi connectivity index (χ4v) is 2.05. The van der Waals surface area contributed by atoms with Gasteiger partial charge < -0.3 is 5.32 Å². The molecule has 17 heavy (non-hydrogen) atoms. The van der Waals surface area contributed by atoms with Gasteiger partial charge in [0, 0.05) is 12.2 Å². The number of hydrogen-bond acceptors (Lipinski definition) is 3. The number of aromatic nitrogens is 1. The van der Waals surface area contributed by atoms with Crippen molar-refractivity contribution in [2.75, 3.05) is 0 Å². The van der Waals surface area contributed by atoms with E-state index in [9.17, 15) is 9.18 Å². The minimum Gasteiger partial charge on any atom is -0.348 e. The summed E-state index contributed by atoms with van der Waals surface area (Å²) in [5.74, 6) is -1.03. The average Bonchev–Trinajstić information content (AvgIpc) is 2.77. The van der Waals surface area contributed by atoms with E-state index >= 15 is 0 Å². The number of amides is 1. The summed E-state index contributed by atoms with van der Waals surface area (Å²) in [6, 6.07) is 4.62. The molecule has 1 aliphatic rings. The summed E-state index contributed by atoms with van der Waals surface area (Å²) >= 11 is 0. The van der Waals surface area contributed by atoms with Crippen LogP contribution in [0.5, 0.6) is 0 Å². The largest absolute Gasteiger partial charge is 0.348 e. The van der Waals surface area contributed by atoms with Gasteiger partial charge in [-0.2, -0.15) is 9.65 Å². The average molecular weight is 233 g/mol. The molecule has 0 radical (unpaired) electrons. The molecule has 5 heteroatoms. The first kappa shape index (κ1) is 11.5. The molecule has 0 bridgehead atoms. The second-order valence-corrected chi connectivity index (χ2v) is 4.12. The molecule has 0 aromatic carbocycles. The van der Waals surface area contributed by atoms with Gasteiger partial charge in [0.15, 0.2) is 0 Å². The molecular formula is C12H12FN3O. The van der Waals surface area contributed by atoms with Crippen molar-refractivity contribution in [2.24, 2.45) is 5.92 Å². The maximum absolute atomic E-state index is 12.6. The van der Waals surface area contributed by atoms with E-state index in [1.165, 1.54) is 12.3 Å². The Morgan fingerprint density at radius 2 is 2.35 bits per heavy atom. The number of halogens is 1. The van der Waals surface area contributed by atoms with E-state index in [0.29, 0.717) is 5.56 Å². The van der Waals surface area contributed by atoms with E-state index in [-0.39, 0.29) is 17.9 Å². The second kappa shape index (κ2) is 4.91. The fraction of sp³-hybridized carbons (Fsp3) is 0.417. The first-order valence-corrected chi connectivity index (χ1v) is 5.53. The Morgan fingerprint density at radius 1 is 1.53 bits per heavy atom. The van der Waals surface area contributed by atoms with E-state index < -0.39 is 5.95 Å². The topological polar surface area (TPSA) is 65.8 Å². The molecule has 88 valence electrons. The van der Waals surface area contributed by atoms with E-state index in [2.05, 4.69) is 16.4 Å². The summed E-state index contributed by atoms with van der Waals surface area (Å²) in [7, 11) is 0. The molecule has 1 N–H and O–H groups in total. The zero-order chi connectivity index (χ0) is 12.3. The van der Waals surface area contributed by atoms with Crippen molar-refractivity contribution in [2.45, 2.75) is 25.3 Å². The first-order chi connectivity index (χ1) is 8.20. The van der Waals surface area contributed by atoms with Crippen LogP contribution in [0.1, 0.15) is 29.6 Å².